The molecule has 3 amide bonds. The van der Waals surface area contributed by atoms with Gasteiger partial charge in [-0.15, -0.1) is 0 Å². The summed E-state index contributed by atoms with van der Waals surface area (Å²) in [5.74, 6) is -0.941. The molecule has 0 atom stereocenters. The monoisotopic (exact) mass is 597 g/mol. The summed E-state index contributed by atoms with van der Waals surface area (Å²) >= 11 is 12.7. The van der Waals surface area contributed by atoms with E-state index >= 15 is 0 Å². The predicted octanol–water partition coefficient (Wildman–Crippen LogP) is 7.82. The molecule has 0 saturated carbocycles. The Labute approximate surface area is 251 Å². The van der Waals surface area contributed by atoms with Crippen LogP contribution in [0.2, 0.25) is 5.02 Å². The average Bonchev–Trinajstić information content (AvgIpc) is 3.37. The van der Waals surface area contributed by atoms with Gasteiger partial charge in [-0.3, -0.25) is 24.2 Å². The number of anilines is 2. The Hall–Kier alpha value is -2.68. The van der Waals surface area contributed by atoms with Crippen LogP contribution in [0.3, 0.4) is 0 Å². The molecule has 0 radical (unpaired) electrons. The summed E-state index contributed by atoms with van der Waals surface area (Å²) < 4.78 is 0.479. The molecule has 0 bridgehead atoms. The number of para-hydroxylation sites is 1. The van der Waals surface area contributed by atoms with E-state index < -0.39 is 0 Å². The van der Waals surface area contributed by atoms with Gasteiger partial charge < -0.3 is 5.32 Å². The minimum atomic E-state index is -0.369. The largest absolute Gasteiger partial charge is 0.325 e. The number of thioether (sulfide) groups is 1. The molecule has 40 heavy (non-hydrogen) atoms. The maximum atomic E-state index is 13.6. The summed E-state index contributed by atoms with van der Waals surface area (Å²) in [5, 5.41) is 3.36. The molecule has 2 aliphatic rings. The quantitative estimate of drug-likeness (QED) is 0.137. The number of fused-ring (bicyclic) bond motifs is 1. The number of hydrogen-bond donors (Lipinski definition) is 1. The molecule has 2 aromatic carbocycles. The van der Waals surface area contributed by atoms with E-state index in [9.17, 15) is 14.4 Å². The summed E-state index contributed by atoms with van der Waals surface area (Å²) in [6, 6.07) is 14.0. The minimum Gasteiger partial charge on any atom is -0.325 e. The van der Waals surface area contributed by atoms with Gasteiger partial charge in [0.05, 0.1) is 16.2 Å². The molecular weight excluding hydrogens is 562 g/mol. The van der Waals surface area contributed by atoms with E-state index in [2.05, 4.69) is 12.2 Å². The third-order valence-corrected chi connectivity index (χ3v) is 8.86. The van der Waals surface area contributed by atoms with Gasteiger partial charge in [-0.1, -0.05) is 118 Å². The lowest BCUT2D eigenvalue weighted by molar-refractivity contribution is -0.122. The van der Waals surface area contributed by atoms with Gasteiger partial charge in [0.1, 0.15) is 10.9 Å². The van der Waals surface area contributed by atoms with Gasteiger partial charge in [0.15, 0.2) is 0 Å². The molecule has 2 aliphatic heterocycles. The first-order chi connectivity index (χ1) is 19.4. The van der Waals surface area contributed by atoms with Crippen LogP contribution in [-0.4, -0.2) is 40.0 Å². The van der Waals surface area contributed by atoms with Crippen LogP contribution < -0.4 is 10.2 Å². The molecule has 2 heterocycles. The average molecular weight is 598 g/mol. The van der Waals surface area contributed by atoms with Gasteiger partial charge >= 0.3 is 0 Å². The fourth-order valence-corrected chi connectivity index (χ4v) is 6.54. The van der Waals surface area contributed by atoms with Crippen LogP contribution in [0.4, 0.5) is 11.4 Å². The summed E-state index contributed by atoms with van der Waals surface area (Å²) in [6.07, 6.45) is 12.1. The van der Waals surface area contributed by atoms with Crippen molar-refractivity contribution in [2.45, 2.75) is 71.1 Å². The van der Waals surface area contributed by atoms with Crippen LogP contribution >= 0.6 is 35.6 Å². The highest BCUT2D eigenvalue weighted by Gasteiger charge is 2.42. The van der Waals surface area contributed by atoms with Crippen molar-refractivity contribution >= 4 is 74.6 Å². The lowest BCUT2D eigenvalue weighted by Gasteiger charge is -2.17. The van der Waals surface area contributed by atoms with Gasteiger partial charge in [0.2, 0.25) is 5.91 Å². The van der Waals surface area contributed by atoms with Crippen LogP contribution in [0.1, 0.15) is 76.7 Å². The van der Waals surface area contributed by atoms with E-state index in [1.165, 1.54) is 61.6 Å². The smallest absolute Gasteiger partial charge is 0.267 e. The third kappa shape index (κ3) is 7.53. The van der Waals surface area contributed by atoms with Crippen LogP contribution in [0.25, 0.3) is 5.57 Å². The lowest BCUT2D eigenvalue weighted by Crippen LogP contribution is -2.35. The number of thiocarbonyl (C=S) groups is 1. The van der Waals surface area contributed by atoms with E-state index in [1.807, 2.05) is 18.2 Å². The number of hydrogen-bond acceptors (Lipinski definition) is 5. The number of rotatable bonds is 14. The number of benzene rings is 2. The Balaban J connectivity index is 1.36. The Bertz CT molecular complexity index is 1280. The van der Waals surface area contributed by atoms with Crippen LogP contribution in [0.15, 0.2) is 53.4 Å². The number of carbonyl (C=O) groups is 3. The number of halogens is 1. The van der Waals surface area contributed by atoms with Gasteiger partial charge in [-0.25, -0.2) is 0 Å². The first-order valence-corrected chi connectivity index (χ1v) is 15.8. The molecule has 0 aromatic heterocycles. The van der Waals surface area contributed by atoms with Gasteiger partial charge in [-0.05, 0) is 36.8 Å². The first kappa shape index (κ1) is 30.3. The van der Waals surface area contributed by atoms with E-state index in [0.29, 0.717) is 43.3 Å². The van der Waals surface area contributed by atoms with Crippen molar-refractivity contribution in [2.24, 2.45) is 0 Å². The van der Waals surface area contributed by atoms with Crippen LogP contribution in [-0.2, 0) is 14.4 Å². The maximum absolute atomic E-state index is 13.6. The van der Waals surface area contributed by atoms with Crippen molar-refractivity contribution in [1.82, 2.24) is 4.90 Å². The molecule has 2 aromatic rings. The molecule has 0 unspecified atom stereocenters. The zero-order chi connectivity index (χ0) is 28.5. The molecule has 6 nitrogen and oxygen atoms in total. The Morgan fingerprint density at radius 3 is 2.15 bits per heavy atom. The lowest BCUT2D eigenvalue weighted by atomic mass is 10.1. The molecule has 212 valence electrons. The summed E-state index contributed by atoms with van der Waals surface area (Å²) in [5.41, 5.74) is 2.15. The molecule has 1 saturated heterocycles. The molecule has 4 rings (SSSR count). The molecule has 0 spiro atoms. The number of amides is 3. The summed E-state index contributed by atoms with van der Waals surface area (Å²) in [6.45, 7) is 2.61. The van der Waals surface area contributed by atoms with Crippen molar-refractivity contribution < 1.29 is 14.4 Å². The van der Waals surface area contributed by atoms with Crippen LogP contribution in [0.5, 0.6) is 0 Å². The van der Waals surface area contributed by atoms with Crippen molar-refractivity contribution in [2.75, 3.05) is 23.3 Å². The predicted molar refractivity (Wildman–Crippen MR) is 170 cm³/mol. The Morgan fingerprint density at radius 1 is 0.850 bits per heavy atom. The summed E-state index contributed by atoms with van der Waals surface area (Å²) in [4.78, 5) is 43.3. The topological polar surface area (TPSA) is 69.7 Å². The number of nitrogens with zero attached hydrogens (tertiary/aromatic N) is 2. The van der Waals surface area contributed by atoms with Gasteiger partial charge in [-0.2, -0.15) is 0 Å². The van der Waals surface area contributed by atoms with Gasteiger partial charge in [0, 0.05) is 22.8 Å². The van der Waals surface area contributed by atoms with Crippen molar-refractivity contribution in [1.29, 1.82) is 0 Å². The second kappa shape index (κ2) is 14.8. The highest BCUT2D eigenvalue weighted by Crippen LogP contribution is 2.44. The van der Waals surface area contributed by atoms with E-state index in [4.69, 9.17) is 23.8 Å². The third-order valence-electron chi connectivity index (χ3n) is 7.16. The standard InChI is InChI=1S/C31H36ClN3O3S2/c1-2-3-4-5-6-7-8-9-10-13-20-34-30(38)28(40-31(34)39)27-24-14-11-12-15-25(24)35(29(27)37)21-26(36)33-23-18-16-22(32)17-19-23/h11-12,14-19H,2-10,13,20-21H2,1H3,(H,33,36)/b28-27-. The van der Waals surface area contributed by atoms with Crippen LogP contribution in [0, 0.1) is 0 Å². The zero-order valence-electron chi connectivity index (χ0n) is 22.9. The van der Waals surface area contributed by atoms with Crippen molar-refractivity contribution in [3.8, 4) is 0 Å². The van der Waals surface area contributed by atoms with E-state index in [-0.39, 0.29) is 24.3 Å². The number of carbonyl (C=O) groups excluding carboxylic acids is 3. The minimum absolute atomic E-state index is 0.180. The normalized spacial score (nSPS) is 16.7. The second-order valence-corrected chi connectivity index (χ2v) is 12.3. The van der Waals surface area contributed by atoms with Crippen molar-refractivity contribution in [3.05, 3.63) is 64.0 Å². The maximum Gasteiger partial charge on any atom is 0.267 e. The van der Waals surface area contributed by atoms with Crippen molar-refractivity contribution in [3.63, 3.8) is 0 Å². The Kier molecular flexibility index (Phi) is 11.2. The van der Waals surface area contributed by atoms with E-state index in [0.717, 1.165) is 19.3 Å². The highest BCUT2D eigenvalue weighted by molar-refractivity contribution is 8.26. The fourth-order valence-electron chi connectivity index (χ4n) is 5.03. The zero-order valence-corrected chi connectivity index (χ0v) is 25.3. The molecular formula is C31H36ClN3O3S2. The number of nitrogens with one attached hydrogen (secondary N) is 1. The highest BCUT2D eigenvalue weighted by atomic mass is 35.5. The Morgan fingerprint density at radius 2 is 1.48 bits per heavy atom. The number of unbranched alkanes of at least 4 members (excludes halogenated alkanes) is 9. The molecule has 1 N–H and O–H groups in total. The molecule has 1 fully saturated rings. The second-order valence-electron chi connectivity index (χ2n) is 10.2. The van der Waals surface area contributed by atoms with E-state index in [1.54, 1.807) is 35.2 Å². The molecule has 9 heteroatoms. The summed E-state index contributed by atoms with van der Waals surface area (Å²) in [7, 11) is 0. The SMILES string of the molecule is CCCCCCCCCCCCN1C(=O)/C(=C2/C(=O)N(CC(=O)Nc3ccc(Cl)cc3)c3ccccc32)SC1=S. The fraction of sp³-hybridized carbons (Fsp3) is 0.419. The first-order valence-electron chi connectivity index (χ1n) is 14.1. The van der Waals surface area contributed by atoms with Gasteiger partial charge in [0.25, 0.3) is 11.8 Å². The molecule has 0 aliphatic carbocycles.